The molecule has 2 aromatic carbocycles. The highest BCUT2D eigenvalue weighted by atomic mass is 35.5. The van der Waals surface area contributed by atoms with Crippen molar-refractivity contribution in [3.05, 3.63) is 64.2 Å². The van der Waals surface area contributed by atoms with E-state index < -0.39 is 15.9 Å². The molecule has 0 radical (unpaired) electrons. The zero-order chi connectivity index (χ0) is 15.6. The molecule has 2 rings (SSSR count). The Labute approximate surface area is 130 Å². The Morgan fingerprint density at radius 3 is 2.43 bits per heavy atom. The van der Waals surface area contributed by atoms with E-state index in [0.717, 1.165) is 16.7 Å². The van der Waals surface area contributed by atoms with Gasteiger partial charge in [-0.25, -0.2) is 8.42 Å². The van der Waals surface area contributed by atoms with Gasteiger partial charge in [0.05, 0.1) is 10.6 Å². The smallest absolute Gasteiger partial charge is 0.180 e. The van der Waals surface area contributed by atoms with Crippen molar-refractivity contribution in [2.24, 2.45) is 5.73 Å². The van der Waals surface area contributed by atoms with Crippen LogP contribution in [0.15, 0.2) is 47.4 Å². The molecule has 0 aliphatic rings. The number of hydrogen-bond acceptors (Lipinski definition) is 3. The van der Waals surface area contributed by atoms with Crippen LogP contribution in [0.25, 0.3) is 0 Å². The first kappa shape index (κ1) is 16.0. The maximum Gasteiger partial charge on any atom is 0.180 e. The largest absolute Gasteiger partial charge is 0.323 e. The molecule has 0 heterocycles. The topological polar surface area (TPSA) is 60.2 Å². The summed E-state index contributed by atoms with van der Waals surface area (Å²) in [6.45, 7) is 3.99. The molecular weight excluding hydrogens is 306 g/mol. The van der Waals surface area contributed by atoms with Crippen molar-refractivity contribution in [1.29, 1.82) is 0 Å². The Morgan fingerprint density at radius 2 is 1.81 bits per heavy atom. The molecule has 21 heavy (non-hydrogen) atoms. The van der Waals surface area contributed by atoms with E-state index in [1.807, 2.05) is 32.0 Å². The van der Waals surface area contributed by atoms with Gasteiger partial charge < -0.3 is 5.73 Å². The molecule has 0 aromatic heterocycles. The van der Waals surface area contributed by atoms with Gasteiger partial charge in [0.25, 0.3) is 0 Å². The lowest BCUT2D eigenvalue weighted by molar-refractivity contribution is 0.589. The molecule has 0 fully saturated rings. The van der Waals surface area contributed by atoms with Crippen LogP contribution in [0.2, 0.25) is 5.02 Å². The van der Waals surface area contributed by atoms with Crippen LogP contribution in [0, 0.1) is 13.8 Å². The fourth-order valence-corrected chi connectivity index (χ4v) is 3.79. The molecule has 5 heteroatoms. The summed E-state index contributed by atoms with van der Waals surface area (Å²) in [6, 6.07) is 11.5. The zero-order valence-electron chi connectivity index (χ0n) is 12.0. The SMILES string of the molecule is Cc1ccc(C(N)CS(=O)(=O)c2cccc(Cl)c2)cc1C. The fourth-order valence-electron chi connectivity index (χ4n) is 2.08. The van der Waals surface area contributed by atoms with E-state index >= 15 is 0 Å². The van der Waals surface area contributed by atoms with Gasteiger partial charge >= 0.3 is 0 Å². The van der Waals surface area contributed by atoms with Crippen LogP contribution < -0.4 is 5.73 Å². The van der Waals surface area contributed by atoms with Gasteiger partial charge in [-0.1, -0.05) is 35.9 Å². The summed E-state index contributed by atoms with van der Waals surface area (Å²) >= 11 is 5.85. The molecule has 0 aliphatic heterocycles. The van der Waals surface area contributed by atoms with E-state index in [4.69, 9.17) is 17.3 Å². The molecule has 1 unspecified atom stereocenters. The van der Waals surface area contributed by atoms with Crippen molar-refractivity contribution in [3.63, 3.8) is 0 Å². The van der Waals surface area contributed by atoms with Crippen LogP contribution in [0.5, 0.6) is 0 Å². The highest BCUT2D eigenvalue weighted by Gasteiger charge is 2.20. The number of nitrogens with two attached hydrogens (primary N) is 1. The number of sulfone groups is 1. The third kappa shape index (κ3) is 3.84. The van der Waals surface area contributed by atoms with Gasteiger partial charge in [-0.3, -0.25) is 0 Å². The molecule has 0 saturated carbocycles. The van der Waals surface area contributed by atoms with E-state index in [9.17, 15) is 8.42 Å². The molecule has 0 aliphatic carbocycles. The molecule has 0 spiro atoms. The highest BCUT2D eigenvalue weighted by molar-refractivity contribution is 7.91. The predicted octanol–water partition coefficient (Wildman–Crippen LogP) is 3.43. The van der Waals surface area contributed by atoms with Crippen molar-refractivity contribution >= 4 is 21.4 Å². The van der Waals surface area contributed by atoms with Crippen LogP contribution in [-0.2, 0) is 9.84 Å². The summed E-state index contributed by atoms with van der Waals surface area (Å²) in [7, 11) is -3.46. The van der Waals surface area contributed by atoms with Gasteiger partial charge in [-0.15, -0.1) is 0 Å². The van der Waals surface area contributed by atoms with Crippen molar-refractivity contribution in [2.45, 2.75) is 24.8 Å². The second-order valence-electron chi connectivity index (χ2n) is 5.19. The molecule has 1 atom stereocenters. The van der Waals surface area contributed by atoms with E-state index in [2.05, 4.69) is 0 Å². The van der Waals surface area contributed by atoms with Gasteiger partial charge in [-0.2, -0.15) is 0 Å². The lowest BCUT2D eigenvalue weighted by atomic mass is 10.0. The lowest BCUT2D eigenvalue weighted by Gasteiger charge is -2.14. The van der Waals surface area contributed by atoms with E-state index in [0.29, 0.717) is 5.02 Å². The quantitative estimate of drug-likeness (QED) is 0.937. The third-order valence-corrected chi connectivity index (χ3v) is 5.52. The third-order valence-electron chi connectivity index (χ3n) is 3.51. The molecule has 0 bridgehead atoms. The Kier molecular flexibility index (Phi) is 4.71. The predicted molar refractivity (Wildman–Crippen MR) is 86.3 cm³/mol. The van der Waals surface area contributed by atoms with E-state index in [1.54, 1.807) is 12.1 Å². The Hall–Kier alpha value is -1.36. The number of aryl methyl sites for hydroxylation is 2. The fraction of sp³-hybridized carbons (Fsp3) is 0.250. The van der Waals surface area contributed by atoms with E-state index in [1.165, 1.54) is 12.1 Å². The van der Waals surface area contributed by atoms with Crippen LogP contribution >= 0.6 is 11.6 Å². The second-order valence-corrected chi connectivity index (χ2v) is 7.66. The zero-order valence-corrected chi connectivity index (χ0v) is 13.6. The standard InChI is InChI=1S/C16H18ClNO2S/c1-11-6-7-13(8-12(11)2)16(18)10-21(19,20)15-5-3-4-14(17)9-15/h3-9,16H,10,18H2,1-2H3. The number of halogens is 1. The van der Waals surface area contributed by atoms with Crippen molar-refractivity contribution in [2.75, 3.05) is 5.75 Å². The van der Waals surface area contributed by atoms with Gasteiger partial charge in [0.15, 0.2) is 9.84 Å². The molecule has 3 nitrogen and oxygen atoms in total. The number of hydrogen-bond donors (Lipinski definition) is 1. The first-order valence-corrected chi connectivity index (χ1v) is 8.64. The minimum absolute atomic E-state index is 0.143. The summed E-state index contributed by atoms with van der Waals surface area (Å²) < 4.78 is 24.8. The van der Waals surface area contributed by atoms with Gasteiger partial charge in [0, 0.05) is 11.1 Å². The van der Waals surface area contributed by atoms with Crippen LogP contribution in [0.4, 0.5) is 0 Å². The Morgan fingerprint density at radius 1 is 1.10 bits per heavy atom. The van der Waals surface area contributed by atoms with Gasteiger partial charge in [0.2, 0.25) is 0 Å². The minimum Gasteiger partial charge on any atom is -0.323 e. The lowest BCUT2D eigenvalue weighted by Crippen LogP contribution is -2.22. The Bertz CT molecular complexity index is 757. The van der Waals surface area contributed by atoms with Gasteiger partial charge in [0.1, 0.15) is 0 Å². The van der Waals surface area contributed by atoms with Crippen LogP contribution in [-0.4, -0.2) is 14.2 Å². The summed E-state index contributed by atoms with van der Waals surface area (Å²) in [4.78, 5) is 0.203. The summed E-state index contributed by atoms with van der Waals surface area (Å²) in [5, 5.41) is 0.399. The Balaban J connectivity index is 2.25. The van der Waals surface area contributed by atoms with Crippen molar-refractivity contribution < 1.29 is 8.42 Å². The maximum absolute atomic E-state index is 12.4. The number of benzene rings is 2. The van der Waals surface area contributed by atoms with Crippen LogP contribution in [0.1, 0.15) is 22.7 Å². The van der Waals surface area contributed by atoms with Crippen molar-refractivity contribution in [3.8, 4) is 0 Å². The summed E-state index contributed by atoms with van der Waals surface area (Å²) in [5.41, 5.74) is 9.14. The normalized spacial score (nSPS) is 13.1. The van der Waals surface area contributed by atoms with E-state index in [-0.39, 0.29) is 10.6 Å². The van der Waals surface area contributed by atoms with Crippen LogP contribution in [0.3, 0.4) is 0 Å². The van der Waals surface area contributed by atoms with Crippen molar-refractivity contribution in [1.82, 2.24) is 0 Å². The molecule has 0 saturated heterocycles. The monoisotopic (exact) mass is 323 g/mol. The molecule has 112 valence electrons. The summed E-state index contributed by atoms with van der Waals surface area (Å²) in [6.07, 6.45) is 0. The summed E-state index contributed by atoms with van der Waals surface area (Å²) in [5.74, 6) is -0.143. The first-order chi connectivity index (χ1) is 9.79. The molecule has 2 aromatic rings. The molecule has 2 N–H and O–H groups in total. The second kappa shape index (κ2) is 6.18. The highest BCUT2D eigenvalue weighted by Crippen LogP contribution is 2.22. The van der Waals surface area contributed by atoms with Gasteiger partial charge in [-0.05, 0) is 48.7 Å². The molecule has 0 amide bonds. The average Bonchev–Trinajstić information content (AvgIpc) is 2.41. The number of rotatable bonds is 4. The molecular formula is C16H18ClNO2S. The average molecular weight is 324 g/mol. The first-order valence-electron chi connectivity index (χ1n) is 6.60. The maximum atomic E-state index is 12.4. The minimum atomic E-state index is -3.46.